The van der Waals surface area contributed by atoms with Crippen molar-refractivity contribution in [2.24, 2.45) is 0 Å². The number of amides is 1. The number of carbonyl (C=O) groups is 1. The lowest BCUT2D eigenvalue weighted by atomic mass is 9.76. The molecule has 0 aliphatic heterocycles. The zero-order valence-electron chi connectivity index (χ0n) is 15.6. The predicted octanol–water partition coefficient (Wildman–Crippen LogP) is 4.37. The minimum atomic E-state index is -0.216. The summed E-state index contributed by atoms with van der Waals surface area (Å²) >= 11 is 0. The first-order valence-electron chi connectivity index (χ1n) is 8.59. The van der Waals surface area contributed by atoms with Gasteiger partial charge < -0.3 is 10.4 Å². The van der Waals surface area contributed by atoms with Crippen molar-refractivity contribution >= 4 is 5.91 Å². The predicted molar refractivity (Wildman–Crippen MR) is 95.1 cm³/mol. The lowest BCUT2D eigenvalue weighted by Crippen LogP contribution is -2.31. The van der Waals surface area contributed by atoms with Gasteiger partial charge in [-0.1, -0.05) is 47.6 Å². The highest BCUT2D eigenvalue weighted by atomic mass is 16.3. The highest BCUT2D eigenvalue weighted by Crippen LogP contribution is 2.39. The van der Waals surface area contributed by atoms with E-state index in [4.69, 9.17) is 0 Å². The van der Waals surface area contributed by atoms with Gasteiger partial charge in [-0.15, -0.1) is 0 Å². The van der Waals surface area contributed by atoms with Crippen molar-refractivity contribution in [1.29, 1.82) is 0 Å². The number of nitrogens with one attached hydrogen (secondary N) is 1. The molecule has 1 aromatic carbocycles. The summed E-state index contributed by atoms with van der Waals surface area (Å²) in [6.07, 6.45) is 2.18. The normalized spacial score (nSPS) is 17.0. The Bertz CT molecular complexity index is 601. The third kappa shape index (κ3) is 4.07. The minimum Gasteiger partial charge on any atom is -0.508 e. The highest BCUT2D eigenvalue weighted by Gasteiger charge is 2.31. The van der Waals surface area contributed by atoms with Crippen LogP contribution in [0.5, 0.6) is 5.75 Å². The molecule has 0 aromatic heterocycles. The van der Waals surface area contributed by atoms with Crippen molar-refractivity contribution in [3.63, 3.8) is 0 Å². The molecule has 1 aromatic rings. The van der Waals surface area contributed by atoms with Crippen LogP contribution in [0.15, 0.2) is 12.1 Å². The molecule has 1 unspecified atom stereocenters. The summed E-state index contributed by atoms with van der Waals surface area (Å²) in [7, 11) is 0. The Hall–Kier alpha value is -1.51. The lowest BCUT2D eigenvalue weighted by Gasteiger charge is -2.30. The topological polar surface area (TPSA) is 49.3 Å². The molecule has 0 spiro atoms. The molecule has 1 amide bonds. The molecule has 23 heavy (non-hydrogen) atoms. The van der Waals surface area contributed by atoms with E-state index in [2.05, 4.69) is 46.9 Å². The number of rotatable bonds is 3. The Morgan fingerprint density at radius 2 is 1.61 bits per heavy atom. The van der Waals surface area contributed by atoms with E-state index in [-0.39, 0.29) is 22.7 Å². The van der Waals surface area contributed by atoms with Crippen molar-refractivity contribution in [2.45, 2.75) is 84.1 Å². The molecule has 0 radical (unpaired) electrons. The molecule has 1 aliphatic carbocycles. The molecular formula is C20H31NO2. The van der Waals surface area contributed by atoms with Crippen LogP contribution in [0.3, 0.4) is 0 Å². The van der Waals surface area contributed by atoms with E-state index in [1.165, 1.54) is 0 Å². The molecule has 128 valence electrons. The van der Waals surface area contributed by atoms with Gasteiger partial charge in [-0.2, -0.15) is 0 Å². The molecule has 0 saturated heterocycles. The zero-order chi connectivity index (χ0) is 17.6. The van der Waals surface area contributed by atoms with Gasteiger partial charge in [-0.3, -0.25) is 4.79 Å². The van der Waals surface area contributed by atoms with Crippen LogP contribution in [0.25, 0.3) is 0 Å². The molecule has 2 N–H and O–H groups in total. The van der Waals surface area contributed by atoms with Gasteiger partial charge >= 0.3 is 0 Å². The van der Waals surface area contributed by atoms with Crippen molar-refractivity contribution in [2.75, 3.05) is 0 Å². The third-order valence-electron chi connectivity index (χ3n) is 4.57. The van der Waals surface area contributed by atoms with E-state index in [9.17, 15) is 9.90 Å². The molecular weight excluding hydrogens is 286 g/mol. The SMILES string of the molecule is CC(C(=O)NC1CC1)c1cc(C(C)(C)C)c(O)cc1C(C)(C)C. The average molecular weight is 317 g/mol. The van der Waals surface area contributed by atoms with E-state index in [1.54, 1.807) is 0 Å². The molecule has 1 saturated carbocycles. The van der Waals surface area contributed by atoms with Crippen LogP contribution in [0.1, 0.15) is 83.9 Å². The monoisotopic (exact) mass is 317 g/mol. The van der Waals surface area contributed by atoms with Crippen molar-refractivity contribution in [3.8, 4) is 5.75 Å². The maximum atomic E-state index is 12.5. The fourth-order valence-electron chi connectivity index (χ4n) is 2.91. The van der Waals surface area contributed by atoms with Gasteiger partial charge in [-0.25, -0.2) is 0 Å². The van der Waals surface area contributed by atoms with Gasteiger partial charge in [0.1, 0.15) is 5.75 Å². The van der Waals surface area contributed by atoms with Gasteiger partial charge in [0.2, 0.25) is 5.91 Å². The number of hydrogen-bond donors (Lipinski definition) is 2. The Balaban J connectivity index is 2.50. The maximum Gasteiger partial charge on any atom is 0.227 e. The number of phenolic OH excluding ortho intramolecular Hbond substituents is 1. The Morgan fingerprint density at radius 1 is 1.09 bits per heavy atom. The van der Waals surface area contributed by atoms with Crippen molar-refractivity contribution < 1.29 is 9.90 Å². The molecule has 2 rings (SSSR count). The third-order valence-corrected chi connectivity index (χ3v) is 4.57. The average Bonchev–Trinajstić information content (AvgIpc) is 3.19. The fourth-order valence-corrected chi connectivity index (χ4v) is 2.91. The summed E-state index contributed by atoms with van der Waals surface area (Å²) in [6, 6.07) is 4.26. The second-order valence-electron chi connectivity index (χ2n) is 8.96. The first-order chi connectivity index (χ1) is 10.4. The molecule has 1 atom stereocenters. The zero-order valence-corrected chi connectivity index (χ0v) is 15.6. The molecule has 1 fully saturated rings. The van der Waals surface area contributed by atoms with E-state index in [0.717, 1.165) is 29.5 Å². The molecule has 0 heterocycles. The van der Waals surface area contributed by atoms with Crippen LogP contribution in [0.2, 0.25) is 0 Å². The van der Waals surface area contributed by atoms with Gasteiger partial charge in [0.05, 0.1) is 5.92 Å². The van der Waals surface area contributed by atoms with Gasteiger partial charge in [0.25, 0.3) is 0 Å². The summed E-state index contributed by atoms with van der Waals surface area (Å²) in [5.74, 6) is 0.191. The van der Waals surface area contributed by atoms with Crippen LogP contribution in [-0.4, -0.2) is 17.1 Å². The first kappa shape index (κ1) is 17.8. The van der Waals surface area contributed by atoms with Crippen LogP contribution in [0.4, 0.5) is 0 Å². The largest absolute Gasteiger partial charge is 0.508 e. The van der Waals surface area contributed by atoms with Crippen LogP contribution >= 0.6 is 0 Å². The molecule has 3 nitrogen and oxygen atoms in total. The van der Waals surface area contributed by atoms with Gasteiger partial charge in [0, 0.05) is 6.04 Å². The summed E-state index contributed by atoms with van der Waals surface area (Å²) in [6.45, 7) is 14.6. The molecule has 1 aliphatic rings. The van der Waals surface area contributed by atoms with Crippen LogP contribution in [0, 0.1) is 0 Å². The van der Waals surface area contributed by atoms with E-state index >= 15 is 0 Å². The Labute approximate surface area is 140 Å². The summed E-state index contributed by atoms with van der Waals surface area (Å²) in [5, 5.41) is 13.6. The van der Waals surface area contributed by atoms with Gasteiger partial charge in [0.15, 0.2) is 0 Å². The Morgan fingerprint density at radius 3 is 2.04 bits per heavy atom. The van der Waals surface area contributed by atoms with Gasteiger partial charge in [-0.05, 0) is 53.4 Å². The van der Waals surface area contributed by atoms with E-state index in [0.29, 0.717) is 11.8 Å². The number of aromatic hydroxyl groups is 1. The lowest BCUT2D eigenvalue weighted by molar-refractivity contribution is -0.122. The summed E-state index contributed by atoms with van der Waals surface area (Å²) < 4.78 is 0. The van der Waals surface area contributed by atoms with E-state index < -0.39 is 0 Å². The second kappa shape index (κ2) is 5.85. The van der Waals surface area contributed by atoms with Crippen LogP contribution < -0.4 is 5.32 Å². The van der Waals surface area contributed by atoms with Crippen molar-refractivity contribution in [1.82, 2.24) is 5.32 Å². The Kier molecular flexibility index (Phi) is 4.53. The first-order valence-corrected chi connectivity index (χ1v) is 8.59. The summed E-state index contributed by atoms with van der Waals surface area (Å²) in [4.78, 5) is 12.5. The highest BCUT2D eigenvalue weighted by molar-refractivity contribution is 5.84. The van der Waals surface area contributed by atoms with Crippen LogP contribution in [-0.2, 0) is 15.6 Å². The molecule has 3 heteroatoms. The minimum absolute atomic E-state index is 0.0866. The smallest absolute Gasteiger partial charge is 0.227 e. The van der Waals surface area contributed by atoms with Crippen molar-refractivity contribution in [3.05, 3.63) is 28.8 Å². The maximum absolute atomic E-state index is 12.5. The second-order valence-corrected chi connectivity index (χ2v) is 8.96. The summed E-state index contributed by atoms with van der Waals surface area (Å²) in [5.41, 5.74) is 2.67. The number of carbonyl (C=O) groups excluding carboxylic acids is 1. The van der Waals surface area contributed by atoms with E-state index in [1.807, 2.05) is 19.1 Å². The number of phenols is 1. The quantitative estimate of drug-likeness (QED) is 0.869. The standard InChI is InChI=1S/C20H31NO2/c1-12(18(23)21-13-8-9-13)14-10-16(20(5,6)7)17(22)11-15(14)19(2,3)4/h10-13,22H,8-9H2,1-7H3,(H,21,23). The molecule has 0 bridgehead atoms. The number of hydrogen-bond acceptors (Lipinski definition) is 2. The number of benzene rings is 1. The fraction of sp³-hybridized carbons (Fsp3) is 0.650.